The molecule has 1 unspecified atom stereocenters. The highest BCUT2D eigenvalue weighted by atomic mass is 32.2. The largest absolute Gasteiger partial charge is 0.380 e. The molecule has 1 aliphatic heterocycles. The summed E-state index contributed by atoms with van der Waals surface area (Å²) in [5, 5.41) is 5.26. The minimum absolute atomic E-state index is 0.124. The van der Waals surface area contributed by atoms with Crippen molar-refractivity contribution in [2.75, 3.05) is 17.7 Å². The molecule has 0 saturated heterocycles. The van der Waals surface area contributed by atoms with Gasteiger partial charge in [0.25, 0.3) is 0 Å². The minimum atomic E-state index is -0.429. The molecule has 2 N–H and O–H groups in total. The summed E-state index contributed by atoms with van der Waals surface area (Å²) < 4.78 is 5.09. The van der Waals surface area contributed by atoms with E-state index in [9.17, 15) is 9.59 Å². The van der Waals surface area contributed by atoms with E-state index in [0.717, 1.165) is 16.1 Å². The molecular weight excluding hydrogens is 324 g/mol. The van der Waals surface area contributed by atoms with E-state index in [1.54, 1.807) is 7.11 Å². The minimum Gasteiger partial charge on any atom is -0.380 e. The van der Waals surface area contributed by atoms with Crippen molar-refractivity contribution in [2.24, 2.45) is 0 Å². The first-order valence-electron chi connectivity index (χ1n) is 7.60. The van der Waals surface area contributed by atoms with Crippen molar-refractivity contribution in [3.8, 4) is 0 Å². The van der Waals surface area contributed by atoms with E-state index in [1.165, 1.54) is 11.8 Å². The van der Waals surface area contributed by atoms with Crippen molar-refractivity contribution in [1.82, 2.24) is 0 Å². The molecule has 1 aliphatic rings. The van der Waals surface area contributed by atoms with Gasteiger partial charge in [-0.2, -0.15) is 0 Å². The first-order valence-corrected chi connectivity index (χ1v) is 8.48. The number of hydrogen-bond donors (Lipinski definition) is 2. The molecule has 0 aliphatic carbocycles. The Morgan fingerprint density at radius 1 is 1.25 bits per heavy atom. The van der Waals surface area contributed by atoms with Gasteiger partial charge in [-0.15, -0.1) is 11.8 Å². The molecule has 0 radical (unpaired) electrons. The van der Waals surface area contributed by atoms with Crippen LogP contribution in [0.5, 0.6) is 0 Å². The van der Waals surface area contributed by atoms with Gasteiger partial charge in [-0.25, -0.2) is 0 Å². The number of ether oxygens (including phenoxy) is 1. The van der Waals surface area contributed by atoms with Crippen molar-refractivity contribution in [2.45, 2.75) is 23.2 Å². The quantitative estimate of drug-likeness (QED) is 0.875. The molecule has 6 heteroatoms. The topological polar surface area (TPSA) is 67.4 Å². The zero-order chi connectivity index (χ0) is 16.9. The van der Waals surface area contributed by atoms with Crippen LogP contribution in [0.3, 0.4) is 0 Å². The molecule has 5 nitrogen and oxygen atoms in total. The predicted molar refractivity (Wildman–Crippen MR) is 95.1 cm³/mol. The number of hydrogen-bond acceptors (Lipinski definition) is 4. The van der Waals surface area contributed by atoms with Gasteiger partial charge in [-0.3, -0.25) is 9.59 Å². The van der Waals surface area contributed by atoms with Crippen LogP contribution in [0, 0.1) is 0 Å². The van der Waals surface area contributed by atoms with Crippen LogP contribution in [0.25, 0.3) is 0 Å². The van der Waals surface area contributed by atoms with E-state index in [2.05, 4.69) is 10.6 Å². The molecule has 2 aromatic carbocycles. The van der Waals surface area contributed by atoms with E-state index in [4.69, 9.17) is 4.74 Å². The highest BCUT2D eigenvalue weighted by molar-refractivity contribution is 8.01. The molecule has 124 valence electrons. The van der Waals surface area contributed by atoms with Crippen LogP contribution in [0.1, 0.15) is 12.0 Å². The average Bonchev–Trinajstić information content (AvgIpc) is 2.56. The average molecular weight is 342 g/mol. The molecule has 0 fully saturated rings. The lowest BCUT2D eigenvalue weighted by Gasteiger charge is -2.23. The van der Waals surface area contributed by atoms with E-state index in [1.807, 2.05) is 48.5 Å². The second-order valence-electron chi connectivity index (χ2n) is 5.48. The molecule has 0 saturated carbocycles. The predicted octanol–water partition coefficient (Wildman–Crippen LogP) is 3.27. The van der Waals surface area contributed by atoms with Gasteiger partial charge in [0, 0.05) is 24.1 Å². The van der Waals surface area contributed by atoms with Crippen LogP contribution in [-0.4, -0.2) is 24.2 Å². The Balaban J connectivity index is 1.63. The summed E-state index contributed by atoms with van der Waals surface area (Å²) in [6.45, 7) is 0.487. The molecule has 2 aromatic rings. The lowest BCUT2D eigenvalue weighted by molar-refractivity contribution is -0.120. The Morgan fingerprint density at radius 3 is 2.92 bits per heavy atom. The SMILES string of the molecule is COCc1cccc(NC(=O)CC2Sc3ccccc3NC2=O)c1. The number of carbonyl (C=O) groups excluding carboxylic acids is 2. The standard InChI is InChI=1S/C18H18N2O3S/c1-23-11-12-5-4-6-13(9-12)19-17(21)10-16-18(22)20-14-7-2-3-8-15(14)24-16/h2-9,16H,10-11H2,1H3,(H,19,21)(H,20,22). The normalized spacial score (nSPS) is 16.2. The van der Waals surface area contributed by atoms with Crippen LogP contribution in [0.2, 0.25) is 0 Å². The fourth-order valence-corrected chi connectivity index (χ4v) is 3.62. The molecule has 1 heterocycles. The summed E-state index contributed by atoms with van der Waals surface area (Å²) >= 11 is 1.42. The Kier molecular flexibility index (Phi) is 5.17. The van der Waals surface area contributed by atoms with Crippen molar-refractivity contribution >= 4 is 35.0 Å². The fourth-order valence-electron chi connectivity index (χ4n) is 2.51. The smallest absolute Gasteiger partial charge is 0.238 e. The molecular formula is C18H18N2O3S. The van der Waals surface area contributed by atoms with Gasteiger partial charge in [-0.1, -0.05) is 24.3 Å². The van der Waals surface area contributed by atoms with E-state index in [0.29, 0.717) is 12.3 Å². The summed E-state index contributed by atoms with van der Waals surface area (Å²) in [5.74, 6) is -0.321. The number of fused-ring (bicyclic) bond motifs is 1. The number of benzene rings is 2. The number of methoxy groups -OCH3 is 1. The van der Waals surface area contributed by atoms with Crippen LogP contribution < -0.4 is 10.6 Å². The Hall–Kier alpha value is -2.31. The third-order valence-electron chi connectivity index (χ3n) is 3.60. The van der Waals surface area contributed by atoms with Crippen molar-refractivity contribution in [1.29, 1.82) is 0 Å². The Labute approximate surface area is 144 Å². The number of carbonyl (C=O) groups is 2. The van der Waals surface area contributed by atoms with Gasteiger partial charge in [0.2, 0.25) is 11.8 Å². The second kappa shape index (κ2) is 7.51. The molecule has 0 bridgehead atoms. The number of thioether (sulfide) groups is 1. The van der Waals surface area contributed by atoms with Crippen LogP contribution >= 0.6 is 11.8 Å². The highest BCUT2D eigenvalue weighted by Gasteiger charge is 2.28. The first-order chi connectivity index (χ1) is 11.7. The third kappa shape index (κ3) is 3.96. The monoisotopic (exact) mass is 342 g/mol. The van der Waals surface area contributed by atoms with Crippen LogP contribution in [0.15, 0.2) is 53.4 Å². The van der Waals surface area contributed by atoms with Gasteiger partial charge in [0.05, 0.1) is 17.5 Å². The van der Waals surface area contributed by atoms with Gasteiger partial charge in [0.15, 0.2) is 0 Å². The molecule has 2 amide bonds. The maximum Gasteiger partial charge on any atom is 0.238 e. The maximum atomic E-state index is 12.3. The highest BCUT2D eigenvalue weighted by Crippen LogP contribution is 2.36. The lowest BCUT2D eigenvalue weighted by atomic mass is 10.2. The van der Waals surface area contributed by atoms with Crippen molar-refractivity contribution in [3.05, 3.63) is 54.1 Å². The fraction of sp³-hybridized carbons (Fsp3) is 0.222. The molecule has 0 spiro atoms. The number of para-hydroxylation sites is 1. The molecule has 0 aromatic heterocycles. The molecule has 3 rings (SSSR count). The summed E-state index contributed by atoms with van der Waals surface area (Å²) in [5.41, 5.74) is 2.49. The number of anilines is 2. The Bertz CT molecular complexity index is 763. The number of amides is 2. The van der Waals surface area contributed by atoms with Gasteiger partial charge < -0.3 is 15.4 Å². The number of rotatable bonds is 5. The zero-order valence-electron chi connectivity index (χ0n) is 13.2. The summed E-state index contributed by atoms with van der Waals surface area (Å²) in [6.07, 6.45) is 0.124. The second-order valence-corrected chi connectivity index (χ2v) is 6.72. The van der Waals surface area contributed by atoms with E-state index in [-0.39, 0.29) is 18.2 Å². The maximum absolute atomic E-state index is 12.3. The van der Waals surface area contributed by atoms with Crippen LogP contribution in [-0.2, 0) is 20.9 Å². The van der Waals surface area contributed by atoms with E-state index < -0.39 is 5.25 Å². The van der Waals surface area contributed by atoms with Gasteiger partial charge >= 0.3 is 0 Å². The third-order valence-corrected chi connectivity index (χ3v) is 4.87. The first kappa shape index (κ1) is 16.5. The van der Waals surface area contributed by atoms with E-state index >= 15 is 0 Å². The van der Waals surface area contributed by atoms with Crippen molar-refractivity contribution in [3.63, 3.8) is 0 Å². The summed E-state index contributed by atoms with van der Waals surface area (Å²) in [4.78, 5) is 25.4. The summed E-state index contributed by atoms with van der Waals surface area (Å²) in [7, 11) is 1.63. The molecule has 1 atom stereocenters. The van der Waals surface area contributed by atoms with Gasteiger partial charge in [-0.05, 0) is 29.8 Å². The lowest BCUT2D eigenvalue weighted by Crippen LogP contribution is -2.32. The van der Waals surface area contributed by atoms with Crippen LogP contribution in [0.4, 0.5) is 11.4 Å². The number of nitrogens with one attached hydrogen (secondary N) is 2. The summed E-state index contributed by atoms with van der Waals surface area (Å²) in [6, 6.07) is 15.1. The van der Waals surface area contributed by atoms with Gasteiger partial charge in [0.1, 0.15) is 0 Å². The zero-order valence-corrected chi connectivity index (χ0v) is 14.1. The Morgan fingerprint density at radius 2 is 2.08 bits per heavy atom. The molecule has 24 heavy (non-hydrogen) atoms. The van der Waals surface area contributed by atoms with Crippen molar-refractivity contribution < 1.29 is 14.3 Å².